The summed E-state index contributed by atoms with van der Waals surface area (Å²) in [5.41, 5.74) is 1.49. The van der Waals surface area contributed by atoms with E-state index in [0.29, 0.717) is 34.1 Å². The van der Waals surface area contributed by atoms with Gasteiger partial charge in [0.05, 0.1) is 14.2 Å². The molecule has 0 saturated heterocycles. The largest absolute Gasteiger partial charge is 0.493 e. The molecule has 7 heteroatoms. The van der Waals surface area contributed by atoms with Crippen molar-refractivity contribution in [2.45, 2.75) is 6.61 Å². The first-order valence-electron chi connectivity index (χ1n) is 9.65. The van der Waals surface area contributed by atoms with Crippen LogP contribution in [0, 0.1) is 17.1 Å². The summed E-state index contributed by atoms with van der Waals surface area (Å²) in [5.74, 6) is 0.641. The van der Waals surface area contributed by atoms with Crippen molar-refractivity contribution in [2.24, 2.45) is 0 Å². The lowest BCUT2D eigenvalue weighted by molar-refractivity contribution is -0.112. The number of hydrogen-bond donors (Lipinski definition) is 1. The molecule has 0 unspecified atom stereocenters. The number of carbonyl (C=O) groups is 1. The Hall–Kier alpha value is -4.31. The molecule has 1 N–H and O–H groups in total. The molecule has 3 rings (SSSR count). The highest BCUT2D eigenvalue weighted by atomic mass is 19.1. The summed E-state index contributed by atoms with van der Waals surface area (Å²) in [5, 5.41) is 12.1. The second-order valence-corrected chi connectivity index (χ2v) is 6.64. The fourth-order valence-corrected chi connectivity index (χ4v) is 2.86. The molecule has 0 aromatic heterocycles. The van der Waals surface area contributed by atoms with Gasteiger partial charge in [0, 0.05) is 17.3 Å². The number of anilines is 1. The van der Waals surface area contributed by atoms with Gasteiger partial charge in [0.25, 0.3) is 5.91 Å². The zero-order chi connectivity index (χ0) is 22.9. The Labute approximate surface area is 185 Å². The lowest BCUT2D eigenvalue weighted by Gasteiger charge is -2.10. The summed E-state index contributed by atoms with van der Waals surface area (Å²) in [7, 11) is 3.01. The monoisotopic (exact) mass is 432 g/mol. The van der Waals surface area contributed by atoms with Crippen molar-refractivity contribution in [3.05, 3.63) is 89.2 Å². The van der Waals surface area contributed by atoms with Crippen LogP contribution in [0.5, 0.6) is 17.2 Å². The molecule has 0 fully saturated rings. The van der Waals surface area contributed by atoms with E-state index in [1.165, 1.54) is 26.4 Å². The fraction of sp³-hybridized carbons (Fsp3) is 0.120. The third-order valence-corrected chi connectivity index (χ3v) is 4.55. The molecule has 0 radical (unpaired) electrons. The number of halogens is 1. The van der Waals surface area contributed by atoms with E-state index in [1.807, 2.05) is 6.07 Å². The van der Waals surface area contributed by atoms with Crippen LogP contribution >= 0.6 is 0 Å². The Morgan fingerprint density at radius 2 is 1.75 bits per heavy atom. The van der Waals surface area contributed by atoms with Crippen LogP contribution in [-0.4, -0.2) is 20.1 Å². The third kappa shape index (κ3) is 5.64. The highest BCUT2D eigenvalue weighted by molar-refractivity contribution is 6.09. The summed E-state index contributed by atoms with van der Waals surface area (Å²) < 4.78 is 29.7. The van der Waals surface area contributed by atoms with Crippen LogP contribution in [0.3, 0.4) is 0 Å². The molecule has 6 nitrogen and oxygen atoms in total. The van der Waals surface area contributed by atoms with E-state index in [4.69, 9.17) is 14.2 Å². The second-order valence-electron chi connectivity index (χ2n) is 6.64. The van der Waals surface area contributed by atoms with Gasteiger partial charge in [-0.15, -0.1) is 0 Å². The molecule has 3 aromatic carbocycles. The van der Waals surface area contributed by atoms with E-state index < -0.39 is 5.91 Å². The Morgan fingerprint density at radius 1 is 1.03 bits per heavy atom. The number of hydrogen-bond acceptors (Lipinski definition) is 5. The summed E-state index contributed by atoms with van der Waals surface area (Å²) >= 11 is 0. The zero-order valence-electron chi connectivity index (χ0n) is 17.6. The molecule has 32 heavy (non-hydrogen) atoms. The summed E-state index contributed by atoms with van der Waals surface area (Å²) in [6.45, 7) is 0.0963. The van der Waals surface area contributed by atoms with E-state index in [9.17, 15) is 14.4 Å². The smallest absolute Gasteiger partial charge is 0.266 e. The summed E-state index contributed by atoms with van der Waals surface area (Å²) in [6.07, 6.45) is 1.47. The molecule has 0 aliphatic heterocycles. The normalized spacial score (nSPS) is 10.8. The number of carbonyl (C=O) groups excluding carboxylic acids is 1. The number of nitrogens with one attached hydrogen (secondary N) is 1. The van der Waals surface area contributed by atoms with Crippen LogP contribution in [0.4, 0.5) is 10.1 Å². The third-order valence-electron chi connectivity index (χ3n) is 4.55. The molecule has 0 aliphatic rings. The van der Waals surface area contributed by atoms with Gasteiger partial charge in [-0.05, 0) is 42.0 Å². The number of rotatable bonds is 8. The van der Waals surface area contributed by atoms with Crippen molar-refractivity contribution < 1.29 is 23.4 Å². The van der Waals surface area contributed by atoms with Gasteiger partial charge in [-0.25, -0.2) is 4.39 Å². The highest BCUT2D eigenvalue weighted by Gasteiger charge is 2.12. The van der Waals surface area contributed by atoms with Gasteiger partial charge in [0.2, 0.25) is 0 Å². The number of nitriles is 1. The Bertz CT molecular complexity index is 1170. The van der Waals surface area contributed by atoms with Gasteiger partial charge in [-0.3, -0.25) is 4.79 Å². The van der Waals surface area contributed by atoms with Crippen molar-refractivity contribution in [2.75, 3.05) is 19.5 Å². The first-order chi connectivity index (χ1) is 15.5. The van der Waals surface area contributed by atoms with E-state index in [0.717, 1.165) is 0 Å². The minimum Gasteiger partial charge on any atom is -0.493 e. The molecule has 3 aromatic rings. The molecule has 0 bridgehead atoms. The van der Waals surface area contributed by atoms with Crippen molar-refractivity contribution in [1.29, 1.82) is 5.26 Å². The van der Waals surface area contributed by atoms with Gasteiger partial charge in [-0.1, -0.05) is 30.3 Å². The predicted octanol–water partition coefficient (Wildman–Crippen LogP) is 4.97. The number of benzene rings is 3. The van der Waals surface area contributed by atoms with Crippen molar-refractivity contribution in [3.8, 4) is 23.3 Å². The van der Waals surface area contributed by atoms with Crippen LogP contribution in [0.25, 0.3) is 6.08 Å². The number of methoxy groups -OCH3 is 2. The Kier molecular flexibility index (Phi) is 7.44. The zero-order valence-corrected chi connectivity index (χ0v) is 17.6. The molecular formula is C25H21FN2O4. The lowest BCUT2D eigenvalue weighted by Crippen LogP contribution is -2.13. The quantitative estimate of drug-likeness (QED) is 0.402. The standard InChI is InChI=1S/C25H21FN2O4/c1-30-23-12-9-20(14-24(23)31-2)28-25(29)19(15-27)13-17-7-10-21(11-8-17)32-16-18-5-3-4-6-22(18)26/h3-14H,16H2,1-2H3,(H,28,29)/b19-13+. The van der Waals surface area contributed by atoms with Crippen molar-refractivity contribution in [1.82, 2.24) is 0 Å². The minimum absolute atomic E-state index is 0.0696. The Balaban J connectivity index is 1.67. The van der Waals surface area contributed by atoms with Gasteiger partial charge >= 0.3 is 0 Å². The lowest BCUT2D eigenvalue weighted by atomic mass is 10.1. The van der Waals surface area contributed by atoms with Crippen LogP contribution in [-0.2, 0) is 11.4 Å². The molecule has 1 amide bonds. The molecule has 0 aliphatic carbocycles. The number of ether oxygens (including phenoxy) is 3. The molecular weight excluding hydrogens is 411 g/mol. The number of nitrogens with zero attached hydrogens (tertiary/aromatic N) is 1. The van der Waals surface area contributed by atoms with Gasteiger partial charge in [0.1, 0.15) is 29.8 Å². The molecule has 0 spiro atoms. The molecule has 0 saturated carbocycles. The van der Waals surface area contributed by atoms with Crippen LogP contribution in [0.1, 0.15) is 11.1 Å². The predicted molar refractivity (Wildman–Crippen MR) is 119 cm³/mol. The van der Waals surface area contributed by atoms with E-state index in [1.54, 1.807) is 60.7 Å². The Morgan fingerprint density at radius 3 is 2.41 bits per heavy atom. The highest BCUT2D eigenvalue weighted by Crippen LogP contribution is 2.30. The van der Waals surface area contributed by atoms with Gasteiger partial charge in [0.15, 0.2) is 11.5 Å². The molecule has 162 valence electrons. The van der Waals surface area contributed by atoms with Crippen LogP contribution in [0.2, 0.25) is 0 Å². The maximum atomic E-state index is 13.7. The van der Waals surface area contributed by atoms with Gasteiger partial charge < -0.3 is 19.5 Å². The SMILES string of the molecule is COc1ccc(NC(=O)/C(C#N)=C/c2ccc(OCc3ccccc3F)cc2)cc1OC. The second kappa shape index (κ2) is 10.6. The van der Waals surface area contributed by atoms with Gasteiger partial charge in [-0.2, -0.15) is 5.26 Å². The first kappa shape index (κ1) is 22.4. The first-order valence-corrected chi connectivity index (χ1v) is 9.65. The van der Waals surface area contributed by atoms with Crippen LogP contribution < -0.4 is 19.5 Å². The summed E-state index contributed by atoms with van der Waals surface area (Å²) in [4.78, 5) is 12.5. The average Bonchev–Trinajstić information content (AvgIpc) is 2.82. The van der Waals surface area contributed by atoms with E-state index >= 15 is 0 Å². The van der Waals surface area contributed by atoms with Crippen molar-refractivity contribution in [3.63, 3.8) is 0 Å². The van der Waals surface area contributed by atoms with Crippen LogP contribution in [0.15, 0.2) is 72.3 Å². The molecule has 0 atom stereocenters. The average molecular weight is 432 g/mol. The maximum Gasteiger partial charge on any atom is 0.266 e. The van der Waals surface area contributed by atoms with E-state index in [-0.39, 0.29) is 18.0 Å². The maximum absolute atomic E-state index is 13.7. The minimum atomic E-state index is -0.556. The molecule has 0 heterocycles. The topological polar surface area (TPSA) is 80.6 Å². The summed E-state index contributed by atoms with van der Waals surface area (Å²) in [6, 6.07) is 20.0. The number of amides is 1. The van der Waals surface area contributed by atoms with Crippen molar-refractivity contribution >= 4 is 17.7 Å². The van der Waals surface area contributed by atoms with E-state index in [2.05, 4.69) is 5.32 Å². The fourth-order valence-electron chi connectivity index (χ4n) is 2.86.